The van der Waals surface area contributed by atoms with Gasteiger partial charge >= 0.3 is 0 Å². The van der Waals surface area contributed by atoms with Crippen LogP contribution in [0.3, 0.4) is 0 Å². The van der Waals surface area contributed by atoms with Gasteiger partial charge in [0.15, 0.2) is 0 Å². The van der Waals surface area contributed by atoms with Crippen molar-refractivity contribution < 1.29 is 9.72 Å². The Labute approximate surface area is 123 Å². The second-order valence-corrected chi connectivity index (χ2v) is 5.49. The normalized spacial score (nSPS) is 15.9. The van der Waals surface area contributed by atoms with Crippen molar-refractivity contribution in [2.45, 2.75) is 32.6 Å². The van der Waals surface area contributed by atoms with E-state index in [0.29, 0.717) is 6.54 Å². The zero-order chi connectivity index (χ0) is 15.5. The highest BCUT2D eigenvalue weighted by Gasteiger charge is 2.35. The molecule has 0 heterocycles. The summed E-state index contributed by atoms with van der Waals surface area (Å²) >= 11 is 0. The maximum atomic E-state index is 12.3. The Morgan fingerprint density at radius 1 is 1.48 bits per heavy atom. The third-order valence-electron chi connectivity index (χ3n) is 4.42. The minimum Gasteiger partial charge on any atom is -0.351 e. The van der Waals surface area contributed by atoms with Crippen LogP contribution in [0.2, 0.25) is 0 Å². The Bertz CT molecular complexity index is 550. The van der Waals surface area contributed by atoms with E-state index in [0.717, 1.165) is 19.3 Å². The fourth-order valence-electron chi connectivity index (χ4n) is 2.73. The van der Waals surface area contributed by atoms with Gasteiger partial charge in [-0.15, -0.1) is 0 Å². The highest BCUT2D eigenvalue weighted by molar-refractivity contribution is 6.01. The van der Waals surface area contributed by atoms with Crippen LogP contribution in [0.5, 0.6) is 0 Å². The number of hydrogen-bond acceptors (Lipinski definition) is 5. The van der Waals surface area contributed by atoms with Gasteiger partial charge < -0.3 is 10.7 Å². The fourth-order valence-corrected chi connectivity index (χ4v) is 2.73. The molecule has 21 heavy (non-hydrogen) atoms. The van der Waals surface area contributed by atoms with E-state index in [1.165, 1.54) is 24.6 Å². The van der Waals surface area contributed by atoms with E-state index >= 15 is 0 Å². The van der Waals surface area contributed by atoms with Gasteiger partial charge in [-0.05, 0) is 30.7 Å². The molecule has 0 aliphatic heterocycles. The molecule has 1 amide bonds. The molecule has 1 aromatic rings. The van der Waals surface area contributed by atoms with E-state index in [1.54, 1.807) is 0 Å². The van der Waals surface area contributed by atoms with Crippen molar-refractivity contribution in [3.8, 4) is 0 Å². The number of nitrogen functional groups attached to an aromatic ring is 1. The molecule has 0 saturated heterocycles. The van der Waals surface area contributed by atoms with Gasteiger partial charge in [0.1, 0.15) is 5.69 Å². The van der Waals surface area contributed by atoms with Crippen molar-refractivity contribution in [2.24, 2.45) is 11.3 Å². The molecule has 114 valence electrons. The minimum atomic E-state index is -0.564. The first-order valence-electron chi connectivity index (χ1n) is 7.05. The summed E-state index contributed by atoms with van der Waals surface area (Å²) in [5.41, 5.74) is 2.47. The molecule has 0 spiro atoms. The molecule has 0 radical (unpaired) electrons. The molecule has 1 aliphatic carbocycles. The monoisotopic (exact) mass is 292 g/mol. The third kappa shape index (κ3) is 2.97. The summed E-state index contributed by atoms with van der Waals surface area (Å²) in [7, 11) is 0. The second kappa shape index (κ2) is 6.09. The number of nitrogens with zero attached hydrogens (tertiary/aromatic N) is 1. The number of rotatable bonds is 6. The number of nitro benzene ring substituents is 1. The number of benzene rings is 1. The zero-order valence-electron chi connectivity index (χ0n) is 12.0. The Balaban J connectivity index is 2.15. The van der Waals surface area contributed by atoms with Gasteiger partial charge in [-0.25, -0.2) is 0 Å². The molecular formula is C14H20N4O3. The Morgan fingerprint density at radius 3 is 2.67 bits per heavy atom. The molecule has 1 fully saturated rings. The Hall–Kier alpha value is -2.15. The van der Waals surface area contributed by atoms with E-state index in [4.69, 9.17) is 5.84 Å². The lowest BCUT2D eigenvalue weighted by Gasteiger charge is -2.41. The average molecular weight is 292 g/mol. The summed E-state index contributed by atoms with van der Waals surface area (Å²) in [5, 5.41) is 13.8. The molecule has 7 heteroatoms. The number of hydrazine groups is 1. The number of carbonyl (C=O) groups is 1. The van der Waals surface area contributed by atoms with E-state index in [9.17, 15) is 14.9 Å². The fraction of sp³-hybridized carbons (Fsp3) is 0.500. The van der Waals surface area contributed by atoms with Crippen molar-refractivity contribution >= 4 is 17.3 Å². The summed E-state index contributed by atoms with van der Waals surface area (Å²) in [6.45, 7) is 2.71. The number of nitrogens with two attached hydrogens (primary N) is 1. The largest absolute Gasteiger partial charge is 0.351 e. The highest BCUT2D eigenvalue weighted by atomic mass is 16.6. The van der Waals surface area contributed by atoms with Crippen molar-refractivity contribution in [3.63, 3.8) is 0 Å². The number of anilines is 1. The van der Waals surface area contributed by atoms with Gasteiger partial charge in [0.2, 0.25) is 0 Å². The molecule has 1 aromatic carbocycles. The second-order valence-electron chi connectivity index (χ2n) is 5.49. The predicted octanol–water partition coefficient (Wildman–Crippen LogP) is 2.19. The molecule has 2 rings (SSSR count). The lowest BCUT2D eigenvalue weighted by molar-refractivity contribution is -0.384. The van der Waals surface area contributed by atoms with Gasteiger partial charge in [-0.3, -0.25) is 20.8 Å². The zero-order valence-corrected chi connectivity index (χ0v) is 12.0. The summed E-state index contributed by atoms with van der Waals surface area (Å²) in [6.07, 6.45) is 4.43. The van der Waals surface area contributed by atoms with Crippen LogP contribution in [0, 0.1) is 15.5 Å². The molecule has 0 aromatic heterocycles. The Morgan fingerprint density at radius 2 is 2.19 bits per heavy atom. The average Bonchev–Trinajstić information content (AvgIpc) is 2.45. The van der Waals surface area contributed by atoms with Crippen LogP contribution in [-0.4, -0.2) is 17.4 Å². The maximum Gasteiger partial charge on any atom is 0.294 e. The third-order valence-corrected chi connectivity index (χ3v) is 4.42. The number of nitro groups is 1. The van der Waals surface area contributed by atoms with Crippen LogP contribution in [-0.2, 0) is 0 Å². The lowest BCUT2D eigenvalue weighted by atomic mass is 9.67. The molecule has 0 atom stereocenters. The predicted molar refractivity (Wildman–Crippen MR) is 79.8 cm³/mol. The first kappa shape index (κ1) is 15.2. The van der Waals surface area contributed by atoms with Crippen molar-refractivity contribution in [1.29, 1.82) is 0 Å². The number of nitrogens with one attached hydrogen (secondary N) is 2. The van der Waals surface area contributed by atoms with Gasteiger partial charge in [0.05, 0.1) is 10.5 Å². The SMILES string of the molecule is CCC1(CNC(=O)c2cccc([N+](=O)[O-])c2NN)CCC1. The molecule has 0 bridgehead atoms. The number of para-hydroxylation sites is 1. The van der Waals surface area contributed by atoms with E-state index in [-0.39, 0.29) is 28.3 Å². The van der Waals surface area contributed by atoms with E-state index < -0.39 is 4.92 Å². The molecular weight excluding hydrogens is 272 g/mol. The van der Waals surface area contributed by atoms with Crippen molar-refractivity contribution in [3.05, 3.63) is 33.9 Å². The van der Waals surface area contributed by atoms with Crippen LogP contribution in [0.15, 0.2) is 18.2 Å². The maximum absolute atomic E-state index is 12.3. The van der Waals surface area contributed by atoms with Crippen LogP contribution in [0.1, 0.15) is 43.0 Å². The summed E-state index contributed by atoms with van der Waals surface area (Å²) in [6, 6.07) is 4.31. The first-order valence-corrected chi connectivity index (χ1v) is 7.05. The number of carbonyl (C=O) groups excluding carboxylic acids is 1. The molecule has 7 nitrogen and oxygen atoms in total. The van der Waals surface area contributed by atoms with Crippen molar-refractivity contribution in [1.82, 2.24) is 5.32 Å². The Kier molecular flexibility index (Phi) is 4.42. The molecule has 0 unspecified atom stereocenters. The topological polar surface area (TPSA) is 110 Å². The standard InChI is InChI=1S/C14H20N4O3/c1-2-14(7-4-8-14)9-16-13(19)10-5-3-6-11(18(20)21)12(10)17-15/h3,5-6,17H,2,4,7-9,15H2,1H3,(H,16,19). The quantitative estimate of drug-likeness (QED) is 0.423. The van der Waals surface area contributed by atoms with E-state index in [2.05, 4.69) is 17.7 Å². The van der Waals surface area contributed by atoms with E-state index in [1.807, 2.05) is 0 Å². The summed E-state index contributed by atoms with van der Waals surface area (Å²) in [4.78, 5) is 22.7. The van der Waals surface area contributed by atoms with Gasteiger partial charge in [-0.1, -0.05) is 19.4 Å². The van der Waals surface area contributed by atoms with Gasteiger partial charge in [-0.2, -0.15) is 0 Å². The van der Waals surface area contributed by atoms with Crippen LogP contribution < -0.4 is 16.6 Å². The van der Waals surface area contributed by atoms with Crippen LogP contribution in [0.4, 0.5) is 11.4 Å². The highest BCUT2D eigenvalue weighted by Crippen LogP contribution is 2.43. The number of amides is 1. The van der Waals surface area contributed by atoms with Gasteiger partial charge in [0, 0.05) is 12.6 Å². The summed E-state index contributed by atoms with van der Waals surface area (Å²) in [5.74, 6) is 5.00. The first-order chi connectivity index (χ1) is 10.0. The molecule has 4 N–H and O–H groups in total. The molecule has 1 saturated carbocycles. The molecule has 1 aliphatic rings. The summed E-state index contributed by atoms with van der Waals surface area (Å²) < 4.78 is 0. The number of hydrogen-bond donors (Lipinski definition) is 3. The van der Waals surface area contributed by atoms with Crippen LogP contribution >= 0.6 is 0 Å². The van der Waals surface area contributed by atoms with Gasteiger partial charge in [0.25, 0.3) is 11.6 Å². The smallest absolute Gasteiger partial charge is 0.294 e. The van der Waals surface area contributed by atoms with Crippen LogP contribution in [0.25, 0.3) is 0 Å². The minimum absolute atomic E-state index is 0.0409. The lowest BCUT2D eigenvalue weighted by Crippen LogP contribution is -2.41. The van der Waals surface area contributed by atoms with Crippen molar-refractivity contribution in [2.75, 3.05) is 12.0 Å².